The first kappa shape index (κ1) is 9.43. The van der Waals surface area contributed by atoms with Gasteiger partial charge in [0.05, 0.1) is 11.1 Å². The minimum atomic E-state index is 0. The average molecular weight is 192 g/mol. The molecule has 0 aliphatic heterocycles. The van der Waals surface area contributed by atoms with Crippen molar-refractivity contribution in [2.75, 3.05) is 0 Å². The molecule has 0 saturated carbocycles. The zero-order valence-electron chi connectivity index (χ0n) is 6.64. The summed E-state index contributed by atoms with van der Waals surface area (Å²) in [5.41, 5.74) is 2.00. The van der Waals surface area contributed by atoms with Gasteiger partial charge >= 0.3 is 0 Å². The summed E-state index contributed by atoms with van der Waals surface area (Å²) < 4.78 is 0. The van der Waals surface area contributed by atoms with Crippen molar-refractivity contribution in [1.82, 2.24) is 9.97 Å². The molecular formula is C9H6ClN3. The highest BCUT2D eigenvalue weighted by Gasteiger charge is 1.99. The van der Waals surface area contributed by atoms with Crippen LogP contribution >= 0.6 is 12.4 Å². The number of halogens is 1. The van der Waals surface area contributed by atoms with Crippen LogP contribution in [0.1, 0.15) is 5.56 Å². The molecular weight excluding hydrogens is 186 g/mol. The van der Waals surface area contributed by atoms with Crippen molar-refractivity contribution in [3.05, 3.63) is 36.2 Å². The van der Waals surface area contributed by atoms with Gasteiger partial charge in [0.25, 0.3) is 0 Å². The summed E-state index contributed by atoms with van der Waals surface area (Å²) in [6, 6.07) is 7.44. The largest absolute Gasteiger partial charge is 0.253 e. The minimum absolute atomic E-state index is 0. The first-order valence-corrected chi connectivity index (χ1v) is 3.51. The number of para-hydroxylation sites is 1. The fourth-order valence-electron chi connectivity index (χ4n) is 1.08. The third-order valence-corrected chi connectivity index (χ3v) is 1.62. The highest BCUT2D eigenvalue weighted by Crippen LogP contribution is 2.11. The van der Waals surface area contributed by atoms with Gasteiger partial charge in [-0.3, -0.25) is 9.97 Å². The van der Waals surface area contributed by atoms with Crippen molar-refractivity contribution >= 4 is 23.4 Å². The zero-order chi connectivity index (χ0) is 8.39. The van der Waals surface area contributed by atoms with E-state index in [2.05, 4.69) is 16.0 Å². The average Bonchev–Trinajstić information content (AvgIpc) is 2.17. The Morgan fingerprint density at radius 2 is 1.92 bits per heavy atom. The first-order valence-electron chi connectivity index (χ1n) is 3.51. The maximum atomic E-state index is 8.72. The van der Waals surface area contributed by atoms with Crippen LogP contribution in [0.2, 0.25) is 0 Å². The smallest absolute Gasteiger partial charge is 0.106 e. The van der Waals surface area contributed by atoms with Gasteiger partial charge in [-0.15, -0.1) is 12.4 Å². The predicted octanol–water partition coefficient (Wildman–Crippen LogP) is 1.92. The Kier molecular flexibility index (Phi) is 2.78. The van der Waals surface area contributed by atoms with Crippen LogP contribution in [0, 0.1) is 11.3 Å². The summed E-state index contributed by atoms with van der Waals surface area (Å²) in [4.78, 5) is 8.14. The molecule has 4 heteroatoms. The van der Waals surface area contributed by atoms with Crippen LogP contribution in [-0.2, 0) is 0 Å². The number of benzene rings is 1. The molecule has 0 N–H and O–H groups in total. The van der Waals surface area contributed by atoms with Gasteiger partial charge in [0, 0.05) is 12.4 Å². The molecule has 1 aromatic carbocycles. The second kappa shape index (κ2) is 3.83. The summed E-state index contributed by atoms with van der Waals surface area (Å²) in [6.07, 6.45) is 3.20. The van der Waals surface area contributed by atoms with Crippen LogP contribution in [0.15, 0.2) is 30.6 Å². The van der Waals surface area contributed by atoms with Crippen molar-refractivity contribution in [2.24, 2.45) is 0 Å². The van der Waals surface area contributed by atoms with Gasteiger partial charge < -0.3 is 0 Å². The van der Waals surface area contributed by atoms with E-state index in [0.29, 0.717) is 11.1 Å². The molecule has 3 nitrogen and oxygen atoms in total. The molecule has 0 atom stereocenters. The maximum Gasteiger partial charge on any atom is 0.106 e. The van der Waals surface area contributed by atoms with E-state index in [1.165, 1.54) is 0 Å². The summed E-state index contributed by atoms with van der Waals surface area (Å²) in [5.74, 6) is 0. The number of hydrogen-bond donors (Lipinski definition) is 0. The quantitative estimate of drug-likeness (QED) is 0.639. The number of rotatable bonds is 0. The molecule has 0 fully saturated rings. The highest BCUT2D eigenvalue weighted by molar-refractivity contribution is 5.85. The maximum absolute atomic E-state index is 8.72. The van der Waals surface area contributed by atoms with Crippen molar-refractivity contribution in [2.45, 2.75) is 0 Å². The predicted molar refractivity (Wildman–Crippen MR) is 51.5 cm³/mol. The molecule has 0 aliphatic rings. The SMILES string of the molecule is Cl.N#Cc1cccc2nccnc12. The van der Waals surface area contributed by atoms with Gasteiger partial charge in [0.1, 0.15) is 11.6 Å². The summed E-state index contributed by atoms with van der Waals surface area (Å²) in [5, 5.41) is 8.72. The molecule has 0 bridgehead atoms. The molecule has 0 spiro atoms. The Bertz CT molecular complexity index is 456. The Morgan fingerprint density at radius 1 is 1.15 bits per heavy atom. The van der Waals surface area contributed by atoms with Crippen LogP contribution in [0.4, 0.5) is 0 Å². The number of nitrogens with zero attached hydrogens (tertiary/aromatic N) is 3. The van der Waals surface area contributed by atoms with E-state index < -0.39 is 0 Å². The van der Waals surface area contributed by atoms with Gasteiger partial charge in [-0.1, -0.05) is 6.07 Å². The van der Waals surface area contributed by atoms with Crippen LogP contribution in [0.25, 0.3) is 11.0 Å². The highest BCUT2D eigenvalue weighted by atomic mass is 35.5. The molecule has 1 aromatic heterocycles. The van der Waals surface area contributed by atoms with Crippen LogP contribution in [0.3, 0.4) is 0 Å². The number of aromatic nitrogens is 2. The molecule has 2 rings (SSSR count). The fourth-order valence-corrected chi connectivity index (χ4v) is 1.08. The Balaban J connectivity index is 0.000000845. The first-order chi connectivity index (χ1) is 5.92. The van der Waals surface area contributed by atoms with Crippen molar-refractivity contribution < 1.29 is 0 Å². The fraction of sp³-hybridized carbons (Fsp3) is 0. The van der Waals surface area contributed by atoms with E-state index in [1.807, 2.05) is 6.07 Å². The number of nitriles is 1. The Hall–Kier alpha value is -1.66. The summed E-state index contributed by atoms with van der Waals surface area (Å²) >= 11 is 0. The van der Waals surface area contributed by atoms with Crippen LogP contribution in [-0.4, -0.2) is 9.97 Å². The van der Waals surface area contributed by atoms with Gasteiger partial charge in [-0.25, -0.2) is 0 Å². The number of hydrogen-bond acceptors (Lipinski definition) is 3. The van der Waals surface area contributed by atoms with Crippen molar-refractivity contribution in [3.8, 4) is 6.07 Å². The molecule has 0 amide bonds. The topological polar surface area (TPSA) is 49.6 Å². The molecule has 0 unspecified atom stereocenters. The molecule has 1 heterocycles. The van der Waals surface area contributed by atoms with E-state index in [-0.39, 0.29) is 12.4 Å². The van der Waals surface area contributed by atoms with Crippen molar-refractivity contribution in [3.63, 3.8) is 0 Å². The zero-order valence-corrected chi connectivity index (χ0v) is 7.45. The molecule has 13 heavy (non-hydrogen) atoms. The van der Waals surface area contributed by atoms with E-state index in [9.17, 15) is 0 Å². The summed E-state index contributed by atoms with van der Waals surface area (Å²) in [6.45, 7) is 0. The van der Waals surface area contributed by atoms with Gasteiger partial charge in [0.2, 0.25) is 0 Å². The Labute approximate surface area is 81.5 Å². The van der Waals surface area contributed by atoms with Gasteiger partial charge in [-0.2, -0.15) is 5.26 Å². The molecule has 0 saturated heterocycles. The van der Waals surface area contributed by atoms with Crippen molar-refractivity contribution in [1.29, 1.82) is 5.26 Å². The van der Waals surface area contributed by atoms with E-state index in [1.54, 1.807) is 24.5 Å². The second-order valence-electron chi connectivity index (χ2n) is 2.34. The molecule has 2 aromatic rings. The normalized spacial score (nSPS) is 8.85. The van der Waals surface area contributed by atoms with E-state index in [0.717, 1.165) is 5.52 Å². The van der Waals surface area contributed by atoms with Gasteiger partial charge in [-0.05, 0) is 12.1 Å². The Morgan fingerprint density at radius 3 is 2.69 bits per heavy atom. The molecule has 0 radical (unpaired) electrons. The monoisotopic (exact) mass is 191 g/mol. The third kappa shape index (κ3) is 1.58. The van der Waals surface area contributed by atoms with E-state index in [4.69, 9.17) is 5.26 Å². The van der Waals surface area contributed by atoms with Crippen LogP contribution < -0.4 is 0 Å². The van der Waals surface area contributed by atoms with E-state index >= 15 is 0 Å². The lowest BCUT2D eigenvalue weighted by Gasteiger charge is -1.95. The third-order valence-electron chi connectivity index (χ3n) is 1.62. The molecule has 0 aliphatic carbocycles. The minimum Gasteiger partial charge on any atom is -0.253 e. The van der Waals surface area contributed by atoms with Gasteiger partial charge in [0.15, 0.2) is 0 Å². The lowest BCUT2D eigenvalue weighted by atomic mass is 10.2. The lowest BCUT2D eigenvalue weighted by Crippen LogP contribution is -1.85. The summed E-state index contributed by atoms with van der Waals surface area (Å²) in [7, 11) is 0. The second-order valence-corrected chi connectivity index (χ2v) is 2.34. The number of fused-ring (bicyclic) bond motifs is 1. The standard InChI is InChI=1S/C9H5N3.ClH/c10-6-7-2-1-3-8-9(7)12-5-4-11-8;/h1-5H;1H. The molecule has 64 valence electrons. The van der Waals surface area contributed by atoms with Crippen LogP contribution in [0.5, 0.6) is 0 Å². The lowest BCUT2D eigenvalue weighted by molar-refractivity contribution is 1.29.